The standard InChI is InChI=1S/C25H25F6N3O2/c1-15-5-3-4-6-19(15)22-20-7-8-21(35)33(20)9-10-34(22)23(36)32(2)14-16-11-17(24(26,27)28)13-18(12-16)25(29,30)31/h3-6,11-13,20,22H,7-10,14H2,1-2H3. The van der Waals surface area contributed by atoms with Gasteiger partial charge in [0.05, 0.1) is 23.2 Å². The van der Waals surface area contributed by atoms with Crippen molar-refractivity contribution < 1.29 is 35.9 Å². The zero-order valence-electron chi connectivity index (χ0n) is 19.7. The lowest BCUT2D eigenvalue weighted by atomic mass is 9.91. The van der Waals surface area contributed by atoms with Crippen LogP contribution >= 0.6 is 0 Å². The number of hydrogen-bond acceptors (Lipinski definition) is 2. The predicted octanol–water partition coefficient (Wildman–Crippen LogP) is 5.63. The van der Waals surface area contributed by atoms with Gasteiger partial charge < -0.3 is 14.7 Å². The fourth-order valence-corrected chi connectivity index (χ4v) is 5.12. The average Bonchev–Trinajstić information content (AvgIpc) is 3.18. The largest absolute Gasteiger partial charge is 0.416 e. The maximum atomic E-state index is 13.5. The number of piperazine rings is 1. The lowest BCUT2D eigenvalue weighted by Gasteiger charge is -2.46. The molecule has 0 aromatic heterocycles. The van der Waals surface area contributed by atoms with Crippen LogP contribution in [-0.2, 0) is 23.7 Å². The van der Waals surface area contributed by atoms with Crippen molar-refractivity contribution in [3.63, 3.8) is 0 Å². The minimum Gasteiger partial charge on any atom is -0.335 e. The van der Waals surface area contributed by atoms with Gasteiger partial charge in [-0.3, -0.25) is 4.79 Å². The molecule has 0 N–H and O–H groups in total. The number of carbonyl (C=O) groups excluding carboxylic acids is 2. The number of rotatable bonds is 3. The summed E-state index contributed by atoms with van der Waals surface area (Å²) in [6, 6.07) is 7.49. The molecule has 2 saturated heterocycles. The third-order valence-electron chi connectivity index (χ3n) is 6.80. The molecule has 0 aliphatic carbocycles. The monoisotopic (exact) mass is 513 g/mol. The van der Waals surface area contributed by atoms with Crippen LogP contribution < -0.4 is 0 Å². The van der Waals surface area contributed by atoms with E-state index < -0.39 is 42.1 Å². The number of amides is 3. The number of hydrogen-bond donors (Lipinski definition) is 0. The second-order valence-electron chi connectivity index (χ2n) is 9.24. The summed E-state index contributed by atoms with van der Waals surface area (Å²) < 4.78 is 79.6. The number of fused-ring (bicyclic) bond motifs is 1. The lowest BCUT2D eigenvalue weighted by molar-refractivity contribution is -0.143. The normalized spacial score (nSPS) is 20.5. The second kappa shape index (κ2) is 9.33. The summed E-state index contributed by atoms with van der Waals surface area (Å²) in [6.07, 6.45) is -9.04. The van der Waals surface area contributed by atoms with Gasteiger partial charge in [0.2, 0.25) is 5.91 Å². The Hall–Kier alpha value is -3.24. The molecule has 36 heavy (non-hydrogen) atoms. The molecule has 11 heteroatoms. The fraction of sp³-hybridized carbons (Fsp3) is 0.440. The van der Waals surface area contributed by atoms with E-state index in [9.17, 15) is 35.9 Å². The van der Waals surface area contributed by atoms with Crippen molar-refractivity contribution in [3.05, 3.63) is 70.3 Å². The van der Waals surface area contributed by atoms with E-state index in [4.69, 9.17) is 0 Å². The van der Waals surface area contributed by atoms with Crippen molar-refractivity contribution in [2.75, 3.05) is 20.1 Å². The Bertz CT molecular complexity index is 1130. The highest BCUT2D eigenvalue weighted by Crippen LogP contribution is 2.40. The molecule has 194 valence electrons. The van der Waals surface area contributed by atoms with E-state index in [1.165, 1.54) is 7.05 Å². The van der Waals surface area contributed by atoms with Crippen molar-refractivity contribution in [3.8, 4) is 0 Å². The number of nitrogens with zero attached hydrogens (tertiary/aromatic N) is 3. The molecule has 2 unspecified atom stereocenters. The summed E-state index contributed by atoms with van der Waals surface area (Å²) in [6.45, 7) is 1.95. The minimum absolute atomic E-state index is 0.00248. The summed E-state index contributed by atoms with van der Waals surface area (Å²) in [5.74, 6) is 0.00248. The zero-order chi connectivity index (χ0) is 26.4. The van der Waals surface area contributed by atoms with Gasteiger partial charge in [0.15, 0.2) is 0 Å². The van der Waals surface area contributed by atoms with E-state index in [1.807, 2.05) is 31.2 Å². The third-order valence-corrected chi connectivity index (χ3v) is 6.80. The van der Waals surface area contributed by atoms with Gasteiger partial charge >= 0.3 is 18.4 Å². The van der Waals surface area contributed by atoms with E-state index in [-0.39, 0.29) is 30.1 Å². The second-order valence-corrected chi connectivity index (χ2v) is 9.24. The highest BCUT2D eigenvalue weighted by Gasteiger charge is 2.46. The van der Waals surface area contributed by atoms with Gasteiger partial charge in [-0.15, -0.1) is 0 Å². The van der Waals surface area contributed by atoms with Crippen LogP contribution in [0, 0.1) is 6.92 Å². The molecule has 0 bridgehead atoms. The zero-order valence-corrected chi connectivity index (χ0v) is 19.7. The van der Waals surface area contributed by atoms with Gasteiger partial charge in [0.1, 0.15) is 0 Å². The molecule has 5 nitrogen and oxygen atoms in total. The van der Waals surface area contributed by atoms with Gasteiger partial charge in [0.25, 0.3) is 0 Å². The van der Waals surface area contributed by atoms with E-state index in [1.54, 1.807) is 9.80 Å². The molecule has 2 fully saturated rings. The van der Waals surface area contributed by atoms with E-state index in [0.29, 0.717) is 31.5 Å². The van der Waals surface area contributed by atoms with Gasteiger partial charge in [-0.05, 0) is 48.2 Å². The molecule has 0 saturated carbocycles. The van der Waals surface area contributed by atoms with Crippen LogP contribution in [0.25, 0.3) is 0 Å². The molecule has 0 spiro atoms. The first kappa shape index (κ1) is 25.8. The van der Waals surface area contributed by atoms with E-state index in [2.05, 4.69) is 0 Å². The Labute approximate surface area is 204 Å². The van der Waals surface area contributed by atoms with Crippen LogP contribution in [0.5, 0.6) is 0 Å². The summed E-state index contributed by atoms with van der Waals surface area (Å²) in [5.41, 5.74) is -1.37. The molecule has 2 atom stereocenters. The Kier molecular flexibility index (Phi) is 6.70. The van der Waals surface area contributed by atoms with Crippen molar-refractivity contribution in [2.24, 2.45) is 0 Å². The summed E-state index contributed by atoms with van der Waals surface area (Å²) in [5, 5.41) is 0. The maximum absolute atomic E-state index is 13.5. The van der Waals surface area contributed by atoms with Gasteiger partial charge in [-0.2, -0.15) is 26.3 Å². The number of urea groups is 1. The first-order valence-corrected chi connectivity index (χ1v) is 11.4. The highest BCUT2D eigenvalue weighted by atomic mass is 19.4. The Morgan fingerprint density at radius 1 is 1.00 bits per heavy atom. The third kappa shape index (κ3) is 5.01. The average molecular weight is 513 g/mol. The molecule has 3 amide bonds. The quantitative estimate of drug-likeness (QED) is 0.500. The van der Waals surface area contributed by atoms with Crippen LogP contribution in [0.1, 0.15) is 46.7 Å². The number of benzene rings is 2. The van der Waals surface area contributed by atoms with Gasteiger partial charge in [-0.25, -0.2) is 4.79 Å². The Balaban J connectivity index is 1.65. The number of carbonyl (C=O) groups is 2. The topological polar surface area (TPSA) is 43.9 Å². The highest BCUT2D eigenvalue weighted by molar-refractivity contribution is 5.81. The molecule has 2 heterocycles. The molecule has 2 aliphatic rings. The lowest BCUT2D eigenvalue weighted by Crippen LogP contribution is -2.57. The van der Waals surface area contributed by atoms with E-state index >= 15 is 0 Å². The van der Waals surface area contributed by atoms with Crippen LogP contribution in [0.2, 0.25) is 0 Å². The molecule has 4 rings (SSSR count). The smallest absolute Gasteiger partial charge is 0.335 e. The van der Waals surface area contributed by atoms with Crippen molar-refractivity contribution in [1.29, 1.82) is 0 Å². The molecular weight excluding hydrogens is 488 g/mol. The number of aryl methyl sites for hydroxylation is 1. The number of alkyl halides is 6. The Morgan fingerprint density at radius 2 is 1.61 bits per heavy atom. The summed E-state index contributed by atoms with van der Waals surface area (Å²) in [4.78, 5) is 30.4. The predicted molar refractivity (Wildman–Crippen MR) is 119 cm³/mol. The van der Waals surface area contributed by atoms with Crippen molar-refractivity contribution in [1.82, 2.24) is 14.7 Å². The van der Waals surface area contributed by atoms with Crippen LogP contribution in [-0.4, -0.2) is 52.8 Å². The molecular formula is C25H25F6N3O2. The van der Waals surface area contributed by atoms with Crippen LogP contribution in [0.4, 0.5) is 31.1 Å². The SMILES string of the molecule is Cc1ccccc1C1C2CCC(=O)N2CCN1C(=O)N(C)Cc1cc(C(F)(F)F)cc(C(F)(F)F)c1. The molecule has 2 aliphatic heterocycles. The van der Waals surface area contributed by atoms with Gasteiger partial charge in [-0.1, -0.05) is 24.3 Å². The van der Waals surface area contributed by atoms with Crippen LogP contribution in [0.15, 0.2) is 42.5 Å². The first-order valence-electron chi connectivity index (χ1n) is 11.4. The first-order chi connectivity index (χ1) is 16.8. The van der Waals surface area contributed by atoms with Crippen molar-refractivity contribution >= 4 is 11.9 Å². The summed E-state index contributed by atoms with van der Waals surface area (Å²) in [7, 11) is 1.34. The van der Waals surface area contributed by atoms with E-state index in [0.717, 1.165) is 16.0 Å². The molecule has 2 aromatic carbocycles. The summed E-state index contributed by atoms with van der Waals surface area (Å²) >= 11 is 0. The fourth-order valence-electron chi connectivity index (χ4n) is 5.12. The minimum atomic E-state index is -4.97. The number of halogens is 6. The molecule has 0 radical (unpaired) electrons. The van der Waals surface area contributed by atoms with Gasteiger partial charge in [0, 0.05) is 33.1 Å². The Morgan fingerprint density at radius 3 is 2.19 bits per heavy atom. The van der Waals surface area contributed by atoms with Crippen molar-refractivity contribution in [2.45, 2.75) is 50.7 Å². The van der Waals surface area contributed by atoms with Crippen LogP contribution in [0.3, 0.4) is 0 Å². The maximum Gasteiger partial charge on any atom is 0.416 e. The molecule has 2 aromatic rings.